The van der Waals surface area contributed by atoms with E-state index in [1.807, 2.05) is 47.7 Å². The number of imidazole rings is 1. The molecule has 3 heterocycles. The normalized spacial score (nSPS) is 17.8. The number of carbonyl (C=O) groups excluding carboxylic acids is 1. The minimum absolute atomic E-state index is 0.0163. The molecule has 0 saturated carbocycles. The fraction of sp³-hybridized carbons (Fsp3) is 0.321. The third kappa shape index (κ3) is 4.97. The first kappa shape index (κ1) is 25.0. The van der Waals surface area contributed by atoms with E-state index in [4.69, 9.17) is 16.2 Å². The van der Waals surface area contributed by atoms with Crippen LogP contribution in [0.5, 0.6) is 0 Å². The number of ether oxygens (including phenoxy) is 1. The number of hydrogen-bond acceptors (Lipinski definition) is 6. The van der Waals surface area contributed by atoms with Crippen LogP contribution in [-0.2, 0) is 23.0 Å². The van der Waals surface area contributed by atoms with Crippen LogP contribution in [0.25, 0.3) is 16.6 Å². The Labute approximate surface area is 211 Å². The molecule has 0 spiro atoms. The van der Waals surface area contributed by atoms with Gasteiger partial charge in [0.25, 0.3) is 0 Å². The fourth-order valence-electron chi connectivity index (χ4n) is 4.94. The van der Waals surface area contributed by atoms with Crippen LogP contribution in [0.1, 0.15) is 28.9 Å². The number of amides is 1. The molecule has 2 atom stereocenters. The van der Waals surface area contributed by atoms with Gasteiger partial charge in [-0.2, -0.15) is 0 Å². The van der Waals surface area contributed by atoms with E-state index >= 15 is 0 Å². The van der Waals surface area contributed by atoms with Gasteiger partial charge in [-0.3, -0.25) is 4.79 Å². The zero-order valence-corrected chi connectivity index (χ0v) is 21.0. The molecule has 186 valence electrons. The van der Waals surface area contributed by atoms with Gasteiger partial charge in [-0.15, -0.1) is 0 Å². The molecule has 0 aliphatic carbocycles. The number of carbonyl (C=O) groups is 1. The Morgan fingerprint density at radius 2 is 2.17 bits per heavy atom. The second kappa shape index (κ2) is 10.7. The first-order valence-electron chi connectivity index (χ1n) is 11.9. The monoisotopic (exact) mass is 484 g/mol. The maximum atomic E-state index is 12.4. The highest BCUT2D eigenvalue weighted by Crippen LogP contribution is 2.31. The van der Waals surface area contributed by atoms with Crippen LogP contribution in [0.2, 0.25) is 0 Å². The smallest absolute Gasteiger partial charge is 0.246 e. The highest BCUT2D eigenvalue weighted by atomic mass is 16.5. The number of nitrogens with zero attached hydrogens (tertiary/aromatic N) is 4. The van der Waals surface area contributed by atoms with Gasteiger partial charge in [0, 0.05) is 44.2 Å². The van der Waals surface area contributed by atoms with Crippen molar-refractivity contribution in [2.24, 2.45) is 18.7 Å². The second-order valence-corrected chi connectivity index (χ2v) is 9.09. The van der Waals surface area contributed by atoms with Gasteiger partial charge in [0.15, 0.2) is 0 Å². The standard InChI is InChI=1S/C28H32N6O2/c1-5-26(35)34-16-20(13-23(34)17-36-4)12-21-10-11-31-28(30)27(21)22(15-29)8-6-19-7-9-25-24(14-19)32-18(2)33(25)3/h5,7,9-11,14-15,20,23H,1,12-13,16-17,29H2,2-4H3,(H2,30,31)/b22-15-/t20-,23+/m0/s1. The van der Waals surface area contributed by atoms with Crippen LogP contribution in [0, 0.1) is 24.7 Å². The van der Waals surface area contributed by atoms with Crippen molar-refractivity contribution < 1.29 is 9.53 Å². The van der Waals surface area contributed by atoms with E-state index in [1.54, 1.807) is 13.3 Å². The quantitative estimate of drug-likeness (QED) is 0.411. The molecular weight excluding hydrogens is 452 g/mol. The van der Waals surface area contributed by atoms with E-state index in [-0.39, 0.29) is 17.9 Å². The van der Waals surface area contributed by atoms with Crippen molar-refractivity contribution in [3.8, 4) is 11.8 Å². The lowest BCUT2D eigenvalue weighted by Crippen LogP contribution is -2.37. The van der Waals surface area contributed by atoms with E-state index in [9.17, 15) is 4.79 Å². The van der Waals surface area contributed by atoms with Crippen molar-refractivity contribution in [3.63, 3.8) is 0 Å². The summed E-state index contributed by atoms with van der Waals surface area (Å²) in [4.78, 5) is 23.1. The number of aromatic nitrogens is 3. The molecule has 4 rings (SSSR count). The first-order valence-corrected chi connectivity index (χ1v) is 11.9. The number of nitrogen functional groups attached to an aromatic ring is 1. The van der Waals surface area contributed by atoms with Gasteiger partial charge in [0.05, 0.1) is 29.3 Å². The Kier molecular flexibility index (Phi) is 7.41. The van der Waals surface area contributed by atoms with Crippen molar-refractivity contribution in [3.05, 3.63) is 71.8 Å². The fourth-order valence-corrected chi connectivity index (χ4v) is 4.94. The molecule has 8 heteroatoms. The van der Waals surface area contributed by atoms with Crippen LogP contribution >= 0.6 is 0 Å². The zero-order chi connectivity index (χ0) is 25.8. The van der Waals surface area contributed by atoms with Gasteiger partial charge >= 0.3 is 0 Å². The number of hydrogen-bond donors (Lipinski definition) is 2. The van der Waals surface area contributed by atoms with Gasteiger partial charge < -0.3 is 25.7 Å². The third-order valence-corrected chi connectivity index (χ3v) is 6.77. The molecule has 1 aliphatic rings. The number of allylic oxidation sites excluding steroid dienone is 1. The Balaban J connectivity index is 1.61. The summed E-state index contributed by atoms with van der Waals surface area (Å²) in [5, 5.41) is 0. The molecule has 1 saturated heterocycles. The van der Waals surface area contributed by atoms with Gasteiger partial charge in [-0.25, -0.2) is 9.97 Å². The van der Waals surface area contributed by atoms with Gasteiger partial charge in [-0.05, 0) is 61.6 Å². The molecule has 2 aromatic heterocycles. The van der Waals surface area contributed by atoms with E-state index in [0.717, 1.165) is 40.0 Å². The summed E-state index contributed by atoms with van der Waals surface area (Å²) >= 11 is 0. The molecule has 0 unspecified atom stereocenters. The van der Waals surface area contributed by atoms with Crippen molar-refractivity contribution in [1.82, 2.24) is 19.4 Å². The van der Waals surface area contributed by atoms with Crippen LogP contribution in [0.3, 0.4) is 0 Å². The number of pyridine rings is 1. The van der Waals surface area contributed by atoms with Crippen molar-refractivity contribution >= 4 is 28.3 Å². The highest BCUT2D eigenvalue weighted by molar-refractivity contribution is 5.88. The lowest BCUT2D eigenvalue weighted by molar-refractivity contribution is -0.127. The number of nitrogens with two attached hydrogens (primary N) is 2. The summed E-state index contributed by atoms with van der Waals surface area (Å²) in [7, 11) is 3.64. The molecule has 0 radical (unpaired) electrons. The minimum atomic E-state index is -0.0810. The first-order chi connectivity index (χ1) is 17.4. The summed E-state index contributed by atoms with van der Waals surface area (Å²) in [6.45, 7) is 6.72. The van der Waals surface area contributed by atoms with Gasteiger partial charge in [0.1, 0.15) is 11.6 Å². The molecule has 1 aromatic carbocycles. The molecule has 1 amide bonds. The van der Waals surface area contributed by atoms with Crippen LogP contribution in [-0.4, -0.2) is 51.6 Å². The molecule has 4 N–H and O–H groups in total. The molecule has 1 fully saturated rings. The predicted octanol–water partition coefficient (Wildman–Crippen LogP) is 2.80. The summed E-state index contributed by atoms with van der Waals surface area (Å²) in [5.74, 6) is 7.87. The van der Waals surface area contributed by atoms with E-state index in [1.165, 1.54) is 12.3 Å². The zero-order valence-electron chi connectivity index (χ0n) is 21.0. The SMILES string of the molecule is C=CC(=O)N1C[C@@H](Cc2ccnc(N)c2/C(C#Cc2ccc3c(c2)nc(C)n3C)=C\N)C[C@@H]1COC. The number of aryl methyl sites for hydroxylation is 2. The molecule has 0 bridgehead atoms. The Bertz CT molecular complexity index is 1390. The Hall–Kier alpha value is -4.09. The summed E-state index contributed by atoms with van der Waals surface area (Å²) in [6, 6.07) is 7.92. The highest BCUT2D eigenvalue weighted by Gasteiger charge is 2.34. The predicted molar refractivity (Wildman–Crippen MR) is 143 cm³/mol. The Morgan fingerprint density at radius 1 is 1.36 bits per heavy atom. The maximum absolute atomic E-state index is 12.4. The summed E-state index contributed by atoms with van der Waals surface area (Å²) < 4.78 is 7.39. The van der Waals surface area contributed by atoms with Crippen molar-refractivity contribution in [2.75, 3.05) is 26.0 Å². The molecule has 1 aliphatic heterocycles. The lowest BCUT2D eigenvalue weighted by atomic mass is 9.91. The number of likely N-dealkylation sites (tertiary alicyclic amines) is 1. The topological polar surface area (TPSA) is 112 Å². The average molecular weight is 485 g/mol. The van der Waals surface area contributed by atoms with E-state index in [0.29, 0.717) is 31.0 Å². The number of methoxy groups -OCH3 is 1. The van der Waals surface area contributed by atoms with Crippen LogP contribution < -0.4 is 11.5 Å². The number of rotatable bonds is 6. The number of anilines is 1. The lowest BCUT2D eigenvalue weighted by Gasteiger charge is -2.22. The van der Waals surface area contributed by atoms with Crippen LogP contribution in [0.4, 0.5) is 5.82 Å². The minimum Gasteiger partial charge on any atom is -0.404 e. The largest absolute Gasteiger partial charge is 0.404 e. The summed E-state index contributed by atoms with van der Waals surface area (Å²) in [5.41, 5.74) is 17.5. The number of benzene rings is 1. The summed E-state index contributed by atoms with van der Waals surface area (Å²) in [6.07, 6.45) is 6.06. The van der Waals surface area contributed by atoms with E-state index in [2.05, 4.69) is 28.4 Å². The third-order valence-electron chi connectivity index (χ3n) is 6.77. The maximum Gasteiger partial charge on any atom is 0.246 e. The molecule has 8 nitrogen and oxygen atoms in total. The Morgan fingerprint density at radius 3 is 2.89 bits per heavy atom. The van der Waals surface area contributed by atoms with E-state index < -0.39 is 0 Å². The van der Waals surface area contributed by atoms with Gasteiger partial charge in [0.2, 0.25) is 5.91 Å². The second-order valence-electron chi connectivity index (χ2n) is 9.09. The molecular formula is C28H32N6O2. The molecule has 36 heavy (non-hydrogen) atoms. The van der Waals surface area contributed by atoms with Crippen molar-refractivity contribution in [1.29, 1.82) is 0 Å². The van der Waals surface area contributed by atoms with Crippen LogP contribution in [0.15, 0.2) is 49.3 Å². The number of fused-ring (bicyclic) bond motifs is 1. The van der Waals surface area contributed by atoms with Crippen molar-refractivity contribution in [2.45, 2.75) is 25.8 Å². The average Bonchev–Trinajstić information content (AvgIpc) is 3.39. The van der Waals surface area contributed by atoms with Gasteiger partial charge in [-0.1, -0.05) is 18.4 Å². The molecule has 3 aromatic rings.